The van der Waals surface area contributed by atoms with Crippen LogP contribution < -0.4 is 0 Å². The molecule has 2 atom stereocenters. The van der Waals surface area contributed by atoms with Crippen LogP contribution in [-0.2, 0) is 4.79 Å². The lowest BCUT2D eigenvalue weighted by molar-refractivity contribution is -0.118. The molecule has 0 aliphatic carbocycles. The smallest absolute Gasteiger partial charge is 0.146 e. The largest absolute Gasteiger partial charge is 0.298 e. The second kappa shape index (κ2) is 7.61. The summed E-state index contributed by atoms with van der Waals surface area (Å²) in [7, 11) is 0. The van der Waals surface area contributed by atoms with Crippen LogP contribution in [0.1, 0.15) is 46.0 Å². The van der Waals surface area contributed by atoms with E-state index >= 15 is 0 Å². The summed E-state index contributed by atoms with van der Waals surface area (Å²) in [5, 5.41) is 0.813. The minimum atomic E-state index is 0.283. The Morgan fingerprint density at radius 3 is 2.60 bits per heavy atom. The molecular weight excluding hydrogens is 224 g/mol. The van der Waals surface area contributed by atoms with Crippen LogP contribution in [0.2, 0.25) is 0 Å². The first-order chi connectivity index (χ1) is 7.25. The maximum Gasteiger partial charge on any atom is 0.146 e. The molecule has 1 heterocycles. The fourth-order valence-electron chi connectivity index (χ4n) is 1.85. The zero-order chi connectivity index (χ0) is 11.1. The molecule has 0 bridgehead atoms. The van der Waals surface area contributed by atoms with Gasteiger partial charge in [-0.2, -0.15) is 11.8 Å². The van der Waals surface area contributed by atoms with E-state index in [0.29, 0.717) is 11.0 Å². The van der Waals surface area contributed by atoms with E-state index < -0.39 is 0 Å². The first-order valence-electron chi connectivity index (χ1n) is 6.01. The van der Waals surface area contributed by atoms with Crippen molar-refractivity contribution in [3.63, 3.8) is 0 Å². The van der Waals surface area contributed by atoms with Gasteiger partial charge in [0.25, 0.3) is 0 Å². The molecule has 1 saturated heterocycles. The van der Waals surface area contributed by atoms with Crippen molar-refractivity contribution < 1.29 is 4.79 Å². The summed E-state index contributed by atoms with van der Waals surface area (Å²) >= 11 is 3.83. The molecule has 0 aromatic carbocycles. The van der Waals surface area contributed by atoms with E-state index in [1.165, 1.54) is 25.0 Å². The Morgan fingerprint density at radius 1 is 1.20 bits per heavy atom. The number of thioether (sulfide) groups is 2. The van der Waals surface area contributed by atoms with Gasteiger partial charge in [0, 0.05) is 23.2 Å². The maximum atomic E-state index is 11.9. The molecule has 0 aromatic rings. The van der Waals surface area contributed by atoms with E-state index in [0.717, 1.165) is 18.6 Å². The van der Waals surface area contributed by atoms with Gasteiger partial charge >= 0.3 is 0 Å². The number of hydrogen-bond acceptors (Lipinski definition) is 3. The van der Waals surface area contributed by atoms with E-state index in [-0.39, 0.29) is 5.25 Å². The van der Waals surface area contributed by atoms with Gasteiger partial charge in [-0.05, 0) is 6.42 Å². The number of rotatable bonds is 6. The Morgan fingerprint density at radius 2 is 1.93 bits per heavy atom. The first-order valence-corrected chi connectivity index (χ1v) is 8.11. The minimum absolute atomic E-state index is 0.283. The van der Waals surface area contributed by atoms with Gasteiger partial charge < -0.3 is 0 Å². The lowest BCUT2D eigenvalue weighted by Crippen LogP contribution is -2.30. The van der Waals surface area contributed by atoms with E-state index in [1.807, 2.05) is 23.5 Å². The highest BCUT2D eigenvalue weighted by Crippen LogP contribution is 2.32. The second-order valence-electron chi connectivity index (χ2n) is 4.14. The molecule has 0 N–H and O–H groups in total. The lowest BCUT2D eigenvalue weighted by Gasteiger charge is -2.26. The van der Waals surface area contributed by atoms with Crippen molar-refractivity contribution in [2.75, 3.05) is 11.5 Å². The van der Waals surface area contributed by atoms with Crippen LogP contribution in [0, 0.1) is 0 Å². The van der Waals surface area contributed by atoms with Crippen LogP contribution in [0.15, 0.2) is 0 Å². The van der Waals surface area contributed by atoms with Gasteiger partial charge in [0.15, 0.2) is 0 Å². The molecule has 1 aliphatic heterocycles. The lowest BCUT2D eigenvalue weighted by atomic mass is 10.1. The van der Waals surface area contributed by atoms with Gasteiger partial charge in [-0.1, -0.05) is 33.1 Å². The van der Waals surface area contributed by atoms with E-state index in [9.17, 15) is 4.79 Å². The molecule has 0 saturated carbocycles. The zero-order valence-corrected chi connectivity index (χ0v) is 11.5. The highest BCUT2D eigenvalue weighted by atomic mass is 32.2. The van der Waals surface area contributed by atoms with Gasteiger partial charge in [0.2, 0.25) is 0 Å². The zero-order valence-electron chi connectivity index (χ0n) is 9.83. The summed E-state index contributed by atoms with van der Waals surface area (Å²) in [6.45, 7) is 4.41. The average molecular weight is 246 g/mol. The van der Waals surface area contributed by atoms with Crippen molar-refractivity contribution in [2.24, 2.45) is 0 Å². The Hall–Kier alpha value is 0.370. The van der Waals surface area contributed by atoms with Crippen molar-refractivity contribution in [1.29, 1.82) is 0 Å². The molecule has 0 radical (unpaired) electrons. The molecule has 0 spiro atoms. The molecule has 88 valence electrons. The summed E-state index contributed by atoms with van der Waals surface area (Å²) in [5.41, 5.74) is 0. The summed E-state index contributed by atoms with van der Waals surface area (Å²) in [6.07, 6.45) is 5.65. The average Bonchev–Trinajstić information content (AvgIpc) is 2.25. The number of hydrogen-bond donors (Lipinski definition) is 0. The normalized spacial score (nSPS) is 26.5. The highest BCUT2D eigenvalue weighted by molar-refractivity contribution is 8.07. The Bertz CT molecular complexity index is 194. The van der Waals surface area contributed by atoms with Crippen LogP contribution in [0.25, 0.3) is 0 Å². The molecule has 0 aromatic heterocycles. The number of Topliss-reactive ketones (excluding diaryl/α,β-unsaturated/α-hetero) is 1. The summed E-state index contributed by atoms with van der Waals surface area (Å²) in [4.78, 5) is 11.9. The Labute approximate surface area is 102 Å². The number of carbonyl (C=O) groups excluding carboxylic acids is 1. The Kier molecular flexibility index (Phi) is 6.82. The summed E-state index contributed by atoms with van der Waals surface area (Å²) < 4.78 is 0. The van der Waals surface area contributed by atoms with Crippen LogP contribution >= 0.6 is 23.5 Å². The molecule has 1 rings (SSSR count). The third-order valence-corrected chi connectivity index (χ3v) is 5.92. The summed E-state index contributed by atoms with van der Waals surface area (Å²) in [5.74, 6) is 2.86. The molecule has 1 nitrogen and oxygen atoms in total. The first kappa shape index (κ1) is 13.4. The van der Waals surface area contributed by atoms with Gasteiger partial charge in [0.05, 0.1) is 5.25 Å². The summed E-state index contributed by atoms with van der Waals surface area (Å²) in [6, 6.07) is 0. The third-order valence-electron chi connectivity index (χ3n) is 2.78. The van der Waals surface area contributed by atoms with Crippen molar-refractivity contribution >= 4 is 29.3 Å². The van der Waals surface area contributed by atoms with Gasteiger partial charge in [-0.3, -0.25) is 4.79 Å². The molecule has 15 heavy (non-hydrogen) atoms. The van der Waals surface area contributed by atoms with E-state index in [2.05, 4.69) is 13.8 Å². The topological polar surface area (TPSA) is 17.1 Å². The van der Waals surface area contributed by atoms with Crippen molar-refractivity contribution in [3.8, 4) is 0 Å². The number of carbonyl (C=O) groups is 1. The fourth-order valence-corrected chi connectivity index (χ4v) is 4.62. The maximum absolute atomic E-state index is 11.9. The molecule has 3 heteroatoms. The monoisotopic (exact) mass is 246 g/mol. The van der Waals surface area contributed by atoms with E-state index in [1.54, 1.807) is 0 Å². The predicted molar refractivity (Wildman–Crippen MR) is 71.9 cm³/mol. The molecular formula is C12H22OS2. The van der Waals surface area contributed by atoms with Gasteiger partial charge in [-0.15, -0.1) is 11.8 Å². The molecule has 1 fully saturated rings. The quantitative estimate of drug-likeness (QED) is 0.664. The fraction of sp³-hybridized carbons (Fsp3) is 0.917. The van der Waals surface area contributed by atoms with Crippen molar-refractivity contribution in [1.82, 2.24) is 0 Å². The molecule has 1 aliphatic rings. The van der Waals surface area contributed by atoms with Gasteiger partial charge in [0.1, 0.15) is 5.78 Å². The van der Waals surface area contributed by atoms with Crippen molar-refractivity contribution in [2.45, 2.75) is 56.5 Å². The van der Waals surface area contributed by atoms with Crippen LogP contribution in [-0.4, -0.2) is 27.8 Å². The van der Waals surface area contributed by atoms with Crippen LogP contribution in [0.4, 0.5) is 0 Å². The molecule has 0 amide bonds. The third kappa shape index (κ3) is 4.81. The van der Waals surface area contributed by atoms with Crippen LogP contribution in [0.5, 0.6) is 0 Å². The van der Waals surface area contributed by atoms with Gasteiger partial charge in [-0.25, -0.2) is 0 Å². The van der Waals surface area contributed by atoms with Crippen molar-refractivity contribution in [3.05, 3.63) is 0 Å². The molecule has 2 unspecified atom stereocenters. The highest BCUT2D eigenvalue weighted by Gasteiger charge is 2.27. The van der Waals surface area contributed by atoms with E-state index in [4.69, 9.17) is 0 Å². The number of ketones is 1. The standard InChI is InChI=1S/C12H22OS2/c1-3-4-5-6-7-11(13)12-10(2)14-8-9-15-12/h10,12H,3-9H2,1-2H3. The Balaban J connectivity index is 2.20. The second-order valence-corrected chi connectivity index (χ2v) is 6.88. The van der Waals surface area contributed by atoms with Crippen LogP contribution in [0.3, 0.4) is 0 Å². The predicted octanol–water partition coefficient (Wildman–Crippen LogP) is 3.76. The minimum Gasteiger partial charge on any atom is -0.298 e. The SMILES string of the molecule is CCCCCCC(=O)C1SCCSC1C. The number of unbranched alkanes of at least 4 members (excludes halogenated alkanes) is 3.